The largest absolute Gasteiger partial charge is 0.493 e. The molecule has 0 spiro atoms. The van der Waals surface area contributed by atoms with Gasteiger partial charge in [-0.2, -0.15) is 5.26 Å². The van der Waals surface area contributed by atoms with Gasteiger partial charge in [-0.15, -0.1) is 11.3 Å². The number of fused-ring (bicyclic) bond motifs is 2. The molecule has 40 heavy (non-hydrogen) atoms. The number of methoxy groups -OCH3 is 3. The van der Waals surface area contributed by atoms with Gasteiger partial charge in [-0.3, -0.25) is 0 Å². The van der Waals surface area contributed by atoms with E-state index in [9.17, 15) is 10.1 Å². The van der Waals surface area contributed by atoms with Crippen molar-refractivity contribution in [1.82, 2.24) is 0 Å². The molecule has 0 amide bonds. The van der Waals surface area contributed by atoms with E-state index >= 15 is 0 Å². The Morgan fingerprint density at radius 1 is 1.02 bits per heavy atom. The highest BCUT2D eigenvalue weighted by atomic mass is 35.5. The van der Waals surface area contributed by atoms with Crippen LogP contribution in [0.3, 0.4) is 0 Å². The predicted molar refractivity (Wildman–Crippen MR) is 154 cm³/mol. The summed E-state index contributed by atoms with van der Waals surface area (Å²) in [7, 11) is 4.50. The number of nitriles is 1. The van der Waals surface area contributed by atoms with E-state index in [-0.39, 0.29) is 27.1 Å². The molecule has 1 aliphatic rings. The smallest absolute Gasteiger partial charge is 0.355 e. The molecule has 0 saturated carbocycles. The van der Waals surface area contributed by atoms with E-state index in [4.69, 9.17) is 64.2 Å². The third-order valence-electron chi connectivity index (χ3n) is 6.26. The molecule has 0 radical (unpaired) electrons. The maximum absolute atomic E-state index is 13.1. The highest BCUT2D eigenvalue weighted by molar-refractivity contribution is 7.21. The molecule has 1 aliphatic heterocycles. The monoisotopic (exact) mass is 616 g/mol. The van der Waals surface area contributed by atoms with E-state index in [1.165, 1.54) is 27.4 Å². The summed E-state index contributed by atoms with van der Waals surface area (Å²) in [6.45, 7) is 0. The number of nitrogens with two attached hydrogens (primary N) is 1. The van der Waals surface area contributed by atoms with Gasteiger partial charge < -0.3 is 29.4 Å². The lowest BCUT2D eigenvalue weighted by molar-refractivity contribution is 0.0740. The zero-order valence-electron chi connectivity index (χ0n) is 21.1. The minimum absolute atomic E-state index is 0.0868. The Morgan fingerprint density at radius 2 is 1.73 bits per heavy atom. The zero-order valence-corrected chi connectivity index (χ0v) is 24.2. The van der Waals surface area contributed by atoms with Crippen LogP contribution < -0.4 is 29.4 Å². The van der Waals surface area contributed by atoms with Crippen LogP contribution in [0.4, 0.5) is 0 Å². The third kappa shape index (κ3) is 4.73. The second-order valence-electron chi connectivity index (χ2n) is 8.48. The SMILES string of the molecule is COc1cc(C2C(C#N)=C(N)Oc3cc(OC(=O)c4sc5cc(Cl)cc(Cl)c5c4Cl)ccc32)cc(OC)c1OC. The summed E-state index contributed by atoms with van der Waals surface area (Å²) >= 11 is 20.0. The van der Waals surface area contributed by atoms with Crippen LogP contribution in [-0.2, 0) is 0 Å². The van der Waals surface area contributed by atoms with E-state index in [2.05, 4.69) is 6.07 Å². The first-order valence-electron chi connectivity index (χ1n) is 11.5. The van der Waals surface area contributed by atoms with Crippen LogP contribution in [0.15, 0.2) is 53.9 Å². The average Bonchev–Trinajstić information content (AvgIpc) is 3.27. The first-order chi connectivity index (χ1) is 19.2. The second kappa shape index (κ2) is 11.0. The summed E-state index contributed by atoms with van der Waals surface area (Å²) in [6, 6.07) is 13.6. The number of nitrogens with zero attached hydrogens (tertiary/aromatic N) is 1. The Bertz CT molecular complexity index is 1740. The van der Waals surface area contributed by atoms with Crippen molar-refractivity contribution in [3.05, 3.63) is 85.0 Å². The molecular formula is C28H19Cl3N2O6S. The number of carbonyl (C=O) groups excluding carboxylic acids is 1. The lowest BCUT2D eigenvalue weighted by Crippen LogP contribution is -2.21. The summed E-state index contributed by atoms with van der Waals surface area (Å²) in [6.07, 6.45) is 0. The fourth-order valence-corrected chi connectivity index (χ4v) is 6.75. The Balaban J connectivity index is 1.53. The lowest BCUT2D eigenvalue weighted by Gasteiger charge is -2.27. The molecule has 0 saturated heterocycles. The first kappa shape index (κ1) is 27.7. The summed E-state index contributed by atoms with van der Waals surface area (Å²) in [5.74, 6) is 0.308. The van der Waals surface area contributed by atoms with Gasteiger partial charge in [0.1, 0.15) is 28.0 Å². The van der Waals surface area contributed by atoms with Crippen molar-refractivity contribution in [1.29, 1.82) is 5.26 Å². The number of benzene rings is 3. The fraction of sp³-hybridized carbons (Fsp3) is 0.143. The molecule has 0 bridgehead atoms. The van der Waals surface area contributed by atoms with Crippen molar-refractivity contribution in [3.8, 4) is 34.8 Å². The number of allylic oxidation sites excluding steroid dienone is 1. The maximum atomic E-state index is 13.1. The number of hydrogen-bond acceptors (Lipinski definition) is 9. The molecule has 204 valence electrons. The van der Waals surface area contributed by atoms with Gasteiger partial charge in [0.25, 0.3) is 0 Å². The standard InChI is InChI=1S/C28H19Cl3N2O6S/c1-35-19-6-12(7-20(36-2)25(19)37-3)22-15-5-4-14(10-18(15)39-27(33)16(22)11-32)38-28(34)26-24(31)23-17(30)8-13(29)9-21(23)40-26/h4-10,22H,33H2,1-3H3. The van der Waals surface area contributed by atoms with Gasteiger partial charge in [0.05, 0.1) is 37.3 Å². The molecule has 4 aromatic rings. The van der Waals surface area contributed by atoms with E-state index in [0.29, 0.717) is 54.3 Å². The van der Waals surface area contributed by atoms with Gasteiger partial charge in [0, 0.05) is 26.7 Å². The molecular weight excluding hydrogens is 599 g/mol. The topological polar surface area (TPSA) is 113 Å². The highest BCUT2D eigenvalue weighted by Gasteiger charge is 2.33. The summed E-state index contributed by atoms with van der Waals surface area (Å²) in [5, 5.41) is 11.4. The van der Waals surface area contributed by atoms with Crippen LogP contribution >= 0.6 is 46.1 Å². The summed E-state index contributed by atoms with van der Waals surface area (Å²) in [5.41, 5.74) is 7.62. The van der Waals surface area contributed by atoms with Crippen molar-refractivity contribution in [2.75, 3.05) is 21.3 Å². The predicted octanol–water partition coefficient (Wildman–Crippen LogP) is 7.32. The molecule has 12 heteroatoms. The zero-order chi connectivity index (χ0) is 28.7. The van der Waals surface area contributed by atoms with Gasteiger partial charge >= 0.3 is 5.97 Å². The van der Waals surface area contributed by atoms with E-state index < -0.39 is 11.9 Å². The van der Waals surface area contributed by atoms with Crippen molar-refractivity contribution < 1.29 is 28.5 Å². The Hall–Kier alpha value is -3.81. The molecule has 0 aliphatic carbocycles. The molecule has 1 unspecified atom stereocenters. The molecule has 5 rings (SSSR count). The van der Waals surface area contributed by atoms with Crippen LogP contribution in [0.25, 0.3) is 10.1 Å². The van der Waals surface area contributed by atoms with Crippen molar-refractivity contribution in [2.45, 2.75) is 5.92 Å². The molecule has 2 N–H and O–H groups in total. The van der Waals surface area contributed by atoms with Crippen LogP contribution in [0.2, 0.25) is 15.1 Å². The van der Waals surface area contributed by atoms with Gasteiger partial charge in [0.2, 0.25) is 11.6 Å². The van der Waals surface area contributed by atoms with Crippen LogP contribution in [0.1, 0.15) is 26.7 Å². The van der Waals surface area contributed by atoms with E-state index in [0.717, 1.165) is 11.3 Å². The van der Waals surface area contributed by atoms with Gasteiger partial charge in [-0.25, -0.2) is 4.79 Å². The van der Waals surface area contributed by atoms with Crippen molar-refractivity contribution in [3.63, 3.8) is 0 Å². The molecule has 1 aromatic heterocycles. The molecule has 8 nitrogen and oxygen atoms in total. The Morgan fingerprint density at radius 3 is 2.35 bits per heavy atom. The molecule has 2 heterocycles. The van der Waals surface area contributed by atoms with Gasteiger partial charge in [0.15, 0.2) is 11.5 Å². The number of carbonyl (C=O) groups is 1. The maximum Gasteiger partial charge on any atom is 0.355 e. The normalized spacial score (nSPS) is 14.3. The number of halogens is 3. The number of rotatable bonds is 6. The van der Waals surface area contributed by atoms with Crippen molar-refractivity contribution in [2.24, 2.45) is 5.73 Å². The summed E-state index contributed by atoms with van der Waals surface area (Å²) < 4.78 is 28.5. The number of hydrogen-bond donors (Lipinski definition) is 1. The minimum atomic E-state index is -0.684. The quantitative estimate of drug-likeness (QED) is 0.177. The highest BCUT2D eigenvalue weighted by Crippen LogP contribution is 2.48. The van der Waals surface area contributed by atoms with Crippen LogP contribution in [0.5, 0.6) is 28.7 Å². The molecule has 1 atom stereocenters. The fourth-order valence-electron chi connectivity index (χ4n) is 4.51. The molecule has 3 aromatic carbocycles. The van der Waals surface area contributed by atoms with Gasteiger partial charge in [-0.1, -0.05) is 40.9 Å². The third-order valence-corrected chi connectivity index (χ3v) is 8.38. The Labute approximate surface area is 247 Å². The first-order valence-corrected chi connectivity index (χ1v) is 13.5. The number of thiophene rings is 1. The van der Waals surface area contributed by atoms with E-state index in [1.807, 2.05) is 0 Å². The molecule has 0 fully saturated rings. The second-order valence-corrected chi connectivity index (χ2v) is 10.8. The Kier molecular flexibility index (Phi) is 7.62. The van der Waals surface area contributed by atoms with Crippen LogP contribution in [0, 0.1) is 11.3 Å². The average molecular weight is 618 g/mol. The summed E-state index contributed by atoms with van der Waals surface area (Å²) in [4.78, 5) is 13.3. The number of ether oxygens (including phenoxy) is 5. The van der Waals surface area contributed by atoms with Crippen LogP contribution in [-0.4, -0.2) is 27.3 Å². The van der Waals surface area contributed by atoms with Gasteiger partial charge in [-0.05, 0) is 35.9 Å². The minimum Gasteiger partial charge on any atom is -0.493 e. The lowest BCUT2D eigenvalue weighted by atomic mass is 9.83. The van der Waals surface area contributed by atoms with E-state index in [1.54, 1.807) is 36.4 Å². The van der Waals surface area contributed by atoms with Crippen molar-refractivity contribution >= 4 is 62.2 Å². The number of esters is 1.